The predicted molar refractivity (Wildman–Crippen MR) is 67.5 cm³/mol. The summed E-state index contributed by atoms with van der Waals surface area (Å²) in [6.07, 6.45) is 7.84. The van der Waals surface area contributed by atoms with Crippen LogP contribution in [0.25, 0.3) is 0 Å². The summed E-state index contributed by atoms with van der Waals surface area (Å²) in [6, 6.07) is 0. The molecule has 0 aromatic heterocycles. The fourth-order valence-electron chi connectivity index (χ4n) is 2.81. The highest BCUT2D eigenvalue weighted by Crippen LogP contribution is 2.33. The molecule has 3 unspecified atom stereocenters. The maximum Gasteiger partial charge on any atom is 0.0696 e. The van der Waals surface area contributed by atoms with E-state index in [1.54, 1.807) is 0 Å². The van der Waals surface area contributed by atoms with Crippen LogP contribution in [-0.4, -0.2) is 23.4 Å². The standard InChI is InChI=1S/C14H28O2/c1-4-6-7-13(5-2)11-14(15)8-9-16-12(3)10-14/h12-13,15H,4-11H2,1-3H3. The average Bonchev–Trinajstić information content (AvgIpc) is 2.23. The quantitative estimate of drug-likeness (QED) is 0.753. The van der Waals surface area contributed by atoms with E-state index in [4.69, 9.17) is 4.74 Å². The van der Waals surface area contributed by atoms with Crippen LogP contribution in [0, 0.1) is 5.92 Å². The van der Waals surface area contributed by atoms with Gasteiger partial charge in [-0.15, -0.1) is 0 Å². The van der Waals surface area contributed by atoms with E-state index >= 15 is 0 Å². The summed E-state index contributed by atoms with van der Waals surface area (Å²) < 4.78 is 5.51. The molecule has 0 bridgehead atoms. The first-order chi connectivity index (χ1) is 7.59. The number of ether oxygens (including phenoxy) is 1. The Kier molecular flexibility index (Phi) is 5.77. The first kappa shape index (κ1) is 14.0. The van der Waals surface area contributed by atoms with Crippen LogP contribution in [0.5, 0.6) is 0 Å². The van der Waals surface area contributed by atoms with Crippen molar-refractivity contribution in [1.82, 2.24) is 0 Å². The van der Waals surface area contributed by atoms with Gasteiger partial charge in [0.05, 0.1) is 11.7 Å². The molecular formula is C14H28O2. The van der Waals surface area contributed by atoms with Gasteiger partial charge in [0.1, 0.15) is 0 Å². The Morgan fingerprint density at radius 3 is 2.75 bits per heavy atom. The second-order valence-electron chi connectivity index (χ2n) is 5.48. The molecule has 1 saturated heterocycles. The normalized spacial score (nSPS) is 32.6. The van der Waals surface area contributed by atoms with Crippen LogP contribution >= 0.6 is 0 Å². The molecule has 0 aromatic rings. The van der Waals surface area contributed by atoms with Crippen LogP contribution in [0.4, 0.5) is 0 Å². The summed E-state index contributed by atoms with van der Waals surface area (Å²) in [4.78, 5) is 0. The van der Waals surface area contributed by atoms with Crippen molar-refractivity contribution >= 4 is 0 Å². The highest BCUT2D eigenvalue weighted by molar-refractivity contribution is 4.86. The van der Waals surface area contributed by atoms with E-state index in [1.165, 1.54) is 25.7 Å². The Bertz CT molecular complexity index is 193. The molecule has 1 rings (SSSR count). The summed E-state index contributed by atoms with van der Waals surface area (Å²) in [6.45, 7) is 7.27. The van der Waals surface area contributed by atoms with Gasteiger partial charge >= 0.3 is 0 Å². The molecule has 0 saturated carbocycles. The van der Waals surface area contributed by atoms with Gasteiger partial charge in [-0.1, -0.05) is 39.5 Å². The monoisotopic (exact) mass is 228 g/mol. The van der Waals surface area contributed by atoms with Crippen LogP contribution in [0.15, 0.2) is 0 Å². The first-order valence-electron chi connectivity index (χ1n) is 6.93. The van der Waals surface area contributed by atoms with Crippen LogP contribution in [-0.2, 0) is 4.74 Å². The third-order valence-electron chi connectivity index (χ3n) is 3.85. The molecule has 1 N–H and O–H groups in total. The van der Waals surface area contributed by atoms with Crippen LogP contribution < -0.4 is 0 Å². The molecule has 0 aliphatic carbocycles. The average molecular weight is 228 g/mol. The summed E-state index contributed by atoms with van der Waals surface area (Å²) >= 11 is 0. The number of hydrogen-bond acceptors (Lipinski definition) is 2. The molecule has 2 heteroatoms. The summed E-state index contributed by atoms with van der Waals surface area (Å²) in [5.41, 5.74) is -0.452. The molecule has 0 aromatic carbocycles. The van der Waals surface area contributed by atoms with Gasteiger partial charge in [-0.2, -0.15) is 0 Å². The maximum atomic E-state index is 10.6. The van der Waals surface area contributed by atoms with Crippen molar-refractivity contribution in [2.75, 3.05) is 6.61 Å². The molecule has 0 spiro atoms. The molecule has 1 fully saturated rings. The lowest BCUT2D eigenvalue weighted by atomic mass is 9.80. The Labute approximate surface area is 100 Å². The molecule has 1 aliphatic heterocycles. The van der Waals surface area contributed by atoms with Gasteiger partial charge < -0.3 is 9.84 Å². The molecular weight excluding hydrogens is 200 g/mol. The number of hydrogen-bond donors (Lipinski definition) is 1. The van der Waals surface area contributed by atoms with E-state index < -0.39 is 5.60 Å². The summed E-state index contributed by atoms with van der Waals surface area (Å²) in [5.74, 6) is 0.690. The van der Waals surface area contributed by atoms with Crippen molar-refractivity contribution in [2.24, 2.45) is 5.92 Å². The van der Waals surface area contributed by atoms with E-state index in [-0.39, 0.29) is 6.10 Å². The minimum Gasteiger partial charge on any atom is -0.390 e. The number of aliphatic hydroxyl groups is 1. The third-order valence-corrected chi connectivity index (χ3v) is 3.85. The van der Waals surface area contributed by atoms with Gasteiger partial charge in [0.15, 0.2) is 0 Å². The fraction of sp³-hybridized carbons (Fsp3) is 1.00. The molecule has 16 heavy (non-hydrogen) atoms. The largest absolute Gasteiger partial charge is 0.390 e. The van der Waals surface area contributed by atoms with Crippen LogP contribution in [0.3, 0.4) is 0 Å². The fourth-order valence-corrected chi connectivity index (χ4v) is 2.81. The number of rotatable bonds is 6. The van der Waals surface area contributed by atoms with Crippen molar-refractivity contribution in [3.05, 3.63) is 0 Å². The van der Waals surface area contributed by atoms with Gasteiger partial charge in [-0.25, -0.2) is 0 Å². The Morgan fingerprint density at radius 1 is 1.44 bits per heavy atom. The van der Waals surface area contributed by atoms with Crippen molar-refractivity contribution in [3.63, 3.8) is 0 Å². The first-order valence-corrected chi connectivity index (χ1v) is 6.93. The third kappa shape index (κ3) is 4.42. The lowest BCUT2D eigenvalue weighted by Gasteiger charge is -2.38. The second kappa shape index (κ2) is 6.61. The van der Waals surface area contributed by atoms with E-state index in [1.807, 2.05) is 0 Å². The van der Waals surface area contributed by atoms with E-state index in [9.17, 15) is 5.11 Å². The zero-order valence-corrected chi connectivity index (χ0v) is 11.2. The van der Waals surface area contributed by atoms with Crippen molar-refractivity contribution in [2.45, 2.75) is 77.4 Å². The Morgan fingerprint density at radius 2 is 2.19 bits per heavy atom. The Balaban J connectivity index is 2.42. The van der Waals surface area contributed by atoms with Gasteiger partial charge in [0.25, 0.3) is 0 Å². The summed E-state index contributed by atoms with van der Waals surface area (Å²) in [5, 5.41) is 10.6. The molecule has 3 atom stereocenters. The highest BCUT2D eigenvalue weighted by atomic mass is 16.5. The number of unbranched alkanes of at least 4 members (excludes halogenated alkanes) is 1. The van der Waals surface area contributed by atoms with Crippen LogP contribution in [0.2, 0.25) is 0 Å². The molecule has 0 amide bonds. The van der Waals surface area contributed by atoms with Crippen molar-refractivity contribution in [3.8, 4) is 0 Å². The summed E-state index contributed by atoms with van der Waals surface area (Å²) in [7, 11) is 0. The van der Waals surface area contributed by atoms with Crippen molar-refractivity contribution in [1.29, 1.82) is 0 Å². The predicted octanol–water partition coefficient (Wildman–Crippen LogP) is 3.52. The lowest BCUT2D eigenvalue weighted by Crippen LogP contribution is -2.41. The molecule has 1 aliphatic rings. The molecule has 96 valence electrons. The Hall–Kier alpha value is -0.0800. The maximum absolute atomic E-state index is 10.6. The topological polar surface area (TPSA) is 29.5 Å². The van der Waals surface area contributed by atoms with Crippen molar-refractivity contribution < 1.29 is 9.84 Å². The van der Waals surface area contributed by atoms with Gasteiger partial charge in [0.2, 0.25) is 0 Å². The van der Waals surface area contributed by atoms with Gasteiger partial charge in [-0.05, 0) is 25.7 Å². The van der Waals surface area contributed by atoms with Crippen LogP contribution in [0.1, 0.15) is 65.7 Å². The highest BCUT2D eigenvalue weighted by Gasteiger charge is 2.34. The molecule has 0 radical (unpaired) electrons. The van der Waals surface area contributed by atoms with E-state index in [2.05, 4.69) is 20.8 Å². The lowest BCUT2D eigenvalue weighted by molar-refractivity contribution is -0.107. The molecule has 2 nitrogen and oxygen atoms in total. The van der Waals surface area contributed by atoms with Gasteiger partial charge in [-0.3, -0.25) is 0 Å². The van der Waals surface area contributed by atoms with E-state index in [0.29, 0.717) is 5.92 Å². The SMILES string of the molecule is CCCCC(CC)CC1(O)CCOC(C)C1. The smallest absolute Gasteiger partial charge is 0.0696 e. The minimum absolute atomic E-state index is 0.224. The minimum atomic E-state index is -0.452. The zero-order chi connectivity index (χ0) is 12.0. The van der Waals surface area contributed by atoms with E-state index in [0.717, 1.165) is 25.9 Å². The zero-order valence-electron chi connectivity index (χ0n) is 11.2. The van der Waals surface area contributed by atoms with Gasteiger partial charge in [0, 0.05) is 13.0 Å². The second-order valence-corrected chi connectivity index (χ2v) is 5.48. The molecule has 1 heterocycles.